The lowest BCUT2D eigenvalue weighted by molar-refractivity contribution is -0.114. The molecule has 2 aliphatic heterocycles. The third kappa shape index (κ3) is 4.47. The van der Waals surface area contributed by atoms with Gasteiger partial charge in [0.05, 0.1) is 5.57 Å². The highest BCUT2D eigenvalue weighted by Gasteiger charge is 2.36. The summed E-state index contributed by atoms with van der Waals surface area (Å²) in [5, 5.41) is 16.7. The van der Waals surface area contributed by atoms with E-state index in [4.69, 9.17) is 10.1 Å². The molecule has 0 saturated heterocycles. The molecule has 0 saturated carbocycles. The largest absolute Gasteiger partial charge is 0.486 e. The second-order valence-electron chi connectivity index (χ2n) is 8.78. The molecule has 0 radical (unpaired) electrons. The van der Waals surface area contributed by atoms with Crippen LogP contribution in [-0.2, 0) is 11.3 Å². The number of fused-ring (bicyclic) bond motifs is 2. The first kappa shape index (κ1) is 23.0. The van der Waals surface area contributed by atoms with Crippen LogP contribution in [0.25, 0.3) is 17.0 Å². The number of amidine groups is 2. The Morgan fingerprint density at radius 3 is 2.59 bits per heavy atom. The number of amides is 1. The van der Waals surface area contributed by atoms with Gasteiger partial charge in [-0.15, -0.1) is 0 Å². The molecule has 6 rings (SSSR count). The van der Waals surface area contributed by atoms with Gasteiger partial charge in [0.1, 0.15) is 17.4 Å². The summed E-state index contributed by atoms with van der Waals surface area (Å²) in [5.41, 5.74) is 4.33. The van der Waals surface area contributed by atoms with Crippen LogP contribution in [0, 0.1) is 12.3 Å². The van der Waals surface area contributed by atoms with E-state index in [-0.39, 0.29) is 18.0 Å². The van der Waals surface area contributed by atoms with E-state index in [2.05, 4.69) is 32.9 Å². The number of aromatic nitrogens is 1. The lowest BCUT2D eigenvalue weighted by atomic mass is 10.1. The Kier molecular flexibility index (Phi) is 5.94. The maximum Gasteiger partial charge on any atom is 0.283 e. The molecule has 2 aliphatic rings. The zero-order valence-corrected chi connectivity index (χ0v) is 20.9. The summed E-state index contributed by atoms with van der Waals surface area (Å²) in [5.74, 6) is 0.337. The second kappa shape index (κ2) is 9.55. The molecule has 37 heavy (non-hydrogen) atoms. The minimum Gasteiger partial charge on any atom is -0.486 e. The van der Waals surface area contributed by atoms with Crippen LogP contribution in [0.2, 0.25) is 0 Å². The second-order valence-corrected chi connectivity index (χ2v) is 9.82. The van der Waals surface area contributed by atoms with E-state index in [9.17, 15) is 4.79 Å². The van der Waals surface area contributed by atoms with Crippen LogP contribution in [-0.4, -0.2) is 38.1 Å². The first-order valence-corrected chi connectivity index (χ1v) is 12.7. The number of ether oxygens (including phenoxy) is 1. The van der Waals surface area contributed by atoms with Gasteiger partial charge in [-0.05, 0) is 48.0 Å². The van der Waals surface area contributed by atoms with E-state index in [1.165, 1.54) is 22.3 Å². The number of carbonyl (C=O) groups excluding carboxylic acids is 1. The van der Waals surface area contributed by atoms with Gasteiger partial charge >= 0.3 is 0 Å². The average molecular weight is 506 g/mol. The quantitative estimate of drug-likeness (QED) is 0.341. The number of rotatable bonds is 6. The summed E-state index contributed by atoms with van der Waals surface area (Å²) in [6, 6.07) is 26.1. The number of hydrogen-bond donors (Lipinski definition) is 1. The summed E-state index contributed by atoms with van der Waals surface area (Å²) >= 11 is 1.25. The van der Waals surface area contributed by atoms with Gasteiger partial charge in [-0.3, -0.25) is 10.2 Å². The van der Waals surface area contributed by atoms with Crippen LogP contribution in [0.3, 0.4) is 0 Å². The van der Waals surface area contributed by atoms with Crippen molar-refractivity contribution >= 4 is 50.7 Å². The number of carbonyl (C=O) groups is 1. The maximum atomic E-state index is 13.0. The molecule has 1 N–H and O–H groups in total. The Labute approximate surface area is 218 Å². The van der Waals surface area contributed by atoms with E-state index >= 15 is 0 Å². The molecule has 1 aromatic heterocycles. The normalized spacial score (nSPS) is 16.2. The SMILES string of the molecule is Cc1ccccc1OCC1=NN2C(=N)/C(=C/c3cn(Cc4ccccc4)c4ccccc34)C(=O)N=C2S1. The Morgan fingerprint density at radius 1 is 1.00 bits per heavy atom. The summed E-state index contributed by atoms with van der Waals surface area (Å²) in [7, 11) is 0. The van der Waals surface area contributed by atoms with Crippen molar-refractivity contribution in [1.82, 2.24) is 9.58 Å². The fourth-order valence-electron chi connectivity index (χ4n) is 4.40. The average Bonchev–Trinajstić information content (AvgIpc) is 3.48. The van der Waals surface area contributed by atoms with E-state index in [0.717, 1.165) is 27.8 Å². The predicted octanol–water partition coefficient (Wildman–Crippen LogP) is 5.70. The molecule has 0 atom stereocenters. The molecule has 8 heteroatoms. The van der Waals surface area contributed by atoms with Crippen molar-refractivity contribution in [3.8, 4) is 5.75 Å². The molecular weight excluding hydrogens is 482 g/mol. The molecular formula is C29H23N5O2S. The first-order chi connectivity index (χ1) is 18.1. The molecule has 7 nitrogen and oxygen atoms in total. The van der Waals surface area contributed by atoms with Crippen molar-refractivity contribution in [3.63, 3.8) is 0 Å². The lowest BCUT2D eigenvalue weighted by Crippen LogP contribution is -2.35. The predicted molar refractivity (Wildman–Crippen MR) is 149 cm³/mol. The Bertz CT molecular complexity index is 1630. The third-order valence-corrected chi connectivity index (χ3v) is 7.14. The van der Waals surface area contributed by atoms with Crippen LogP contribution in [0.1, 0.15) is 16.7 Å². The number of hydrazone groups is 1. The summed E-state index contributed by atoms with van der Waals surface area (Å²) in [4.78, 5) is 17.2. The molecule has 0 aliphatic carbocycles. The number of hydrogen-bond acceptors (Lipinski definition) is 5. The highest BCUT2D eigenvalue weighted by atomic mass is 32.2. The van der Waals surface area contributed by atoms with Crippen molar-refractivity contribution in [2.75, 3.05) is 6.61 Å². The van der Waals surface area contributed by atoms with Gasteiger partial charge in [-0.2, -0.15) is 15.1 Å². The maximum absolute atomic E-state index is 13.0. The van der Waals surface area contributed by atoms with Gasteiger partial charge in [0, 0.05) is 29.2 Å². The number of aliphatic imine (C=N–C) groups is 1. The molecule has 3 aromatic carbocycles. The fraction of sp³-hybridized carbons (Fsp3) is 0.103. The Morgan fingerprint density at radius 2 is 1.76 bits per heavy atom. The zero-order chi connectivity index (χ0) is 25.4. The molecule has 4 aromatic rings. The van der Waals surface area contributed by atoms with Crippen LogP contribution in [0.4, 0.5) is 0 Å². The van der Waals surface area contributed by atoms with E-state index in [0.29, 0.717) is 16.8 Å². The highest BCUT2D eigenvalue weighted by molar-refractivity contribution is 8.27. The van der Waals surface area contributed by atoms with Crippen molar-refractivity contribution in [2.45, 2.75) is 13.5 Å². The van der Waals surface area contributed by atoms with Crippen LogP contribution in [0.5, 0.6) is 5.75 Å². The van der Waals surface area contributed by atoms with Crippen molar-refractivity contribution in [2.24, 2.45) is 10.1 Å². The molecule has 0 unspecified atom stereocenters. The number of aryl methyl sites for hydroxylation is 1. The molecule has 182 valence electrons. The van der Waals surface area contributed by atoms with E-state index in [1.54, 1.807) is 6.08 Å². The van der Waals surface area contributed by atoms with Crippen LogP contribution < -0.4 is 4.74 Å². The molecule has 3 heterocycles. The van der Waals surface area contributed by atoms with Crippen molar-refractivity contribution < 1.29 is 9.53 Å². The molecule has 0 fully saturated rings. The van der Waals surface area contributed by atoms with Gasteiger partial charge in [0.2, 0.25) is 5.17 Å². The van der Waals surface area contributed by atoms with Gasteiger partial charge < -0.3 is 9.30 Å². The van der Waals surface area contributed by atoms with Gasteiger partial charge in [0.15, 0.2) is 5.84 Å². The number of thioether (sulfide) groups is 1. The summed E-state index contributed by atoms with van der Waals surface area (Å²) in [6.45, 7) is 2.92. The molecule has 0 bridgehead atoms. The van der Waals surface area contributed by atoms with Crippen molar-refractivity contribution in [3.05, 3.63) is 107 Å². The smallest absolute Gasteiger partial charge is 0.283 e. The highest BCUT2D eigenvalue weighted by Crippen LogP contribution is 2.31. The zero-order valence-electron chi connectivity index (χ0n) is 20.1. The number of nitrogens with zero attached hydrogens (tertiary/aromatic N) is 4. The first-order valence-electron chi connectivity index (χ1n) is 11.9. The van der Waals surface area contributed by atoms with Gasteiger partial charge in [0.25, 0.3) is 5.91 Å². The topological polar surface area (TPSA) is 83.0 Å². The van der Waals surface area contributed by atoms with E-state index in [1.807, 2.05) is 73.8 Å². The Hall–Kier alpha value is -4.43. The van der Waals surface area contributed by atoms with Crippen molar-refractivity contribution in [1.29, 1.82) is 5.41 Å². The van der Waals surface area contributed by atoms with Crippen LogP contribution in [0.15, 0.2) is 101 Å². The van der Waals surface area contributed by atoms with Crippen LogP contribution >= 0.6 is 11.8 Å². The minimum atomic E-state index is -0.445. The number of benzene rings is 3. The van der Waals surface area contributed by atoms with Gasteiger partial charge in [-0.25, -0.2) is 0 Å². The Balaban J connectivity index is 1.28. The fourth-order valence-corrected chi connectivity index (χ4v) is 5.20. The number of para-hydroxylation sites is 2. The summed E-state index contributed by atoms with van der Waals surface area (Å²) in [6.07, 6.45) is 3.77. The van der Waals surface area contributed by atoms with E-state index < -0.39 is 5.91 Å². The lowest BCUT2D eigenvalue weighted by Gasteiger charge is -2.20. The minimum absolute atomic E-state index is 0.00767. The summed E-state index contributed by atoms with van der Waals surface area (Å²) < 4.78 is 8.07. The monoisotopic (exact) mass is 505 g/mol. The standard InChI is InChI=1S/C29H23N5O2S/c1-19-9-5-8-14-25(19)36-18-26-32-34-27(30)23(28(35)31-29(34)37-26)15-21-17-33(16-20-10-3-2-4-11-20)24-13-7-6-12-22(21)24/h2-15,17,30H,16,18H2,1H3/b23-15-,30-27?. The van der Waals surface area contributed by atoms with Gasteiger partial charge in [-0.1, -0.05) is 66.7 Å². The number of nitrogens with one attached hydrogen (secondary N) is 1. The molecule has 1 amide bonds. The molecule has 0 spiro atoms. The third-order valence-electron chi connectivity index (χ3n) is 6.26.